The van der Waals surface area contributed by atoms with E-state index >= 15 is 0 Å². The van der Waals surface area contributed by atoms with Crippen LogP contribution in [0.3, 0.4) is 0 Å². The summed E-state index contributed by atoms with van der Waals surface area (Å²) in [5, 5.41) is 0. The topological polar surface area (TPSA) is 127 Å². The molecule has 4 aliphatic rings. The lowest BCUT2D eigenvalue weighted by Crippen LogP contribution is -2.56. The molecule has 3 saturated carbocycles. The Morgan fingerprint density at radius 1 is 0.974 bits per heavy atom. The minimum Gasteiger partial charge on any atom is -0.264 e. The molecule has 0 radical (unpaired) electrons. The SMILES string of the molecule is C[C@@H](CCCC(C)(C)OS(=O)(=O)O)[C@H]1CC[C@@H]2[C@]1(C)CC[C@H]1[C@@]2(C)CC=C2C[C@@H](OS(=O)(=O)O)CC[C@@]21C. The third-order valence-electron chi connectivity index (χ3n) is 11.4. The lowest BCUT2D eigenvalue weighted by atomic mass is 9.41. The summed E-state index contributed by atoms with van der Waals surface area (Å²) in [6.45, 7) is 13.1. The molecule has 0 aliphatic heterocycles. The van der Waals surface area contributed by atoms with Crippen molar-refractivity contribution >= 4 is 20.8 Å². The van der Waals surface area contributed by atoms with E-state index < -0.39 is 32.5 Å². The summed E-state index contributed by atoms with van der Waals surface area (Å²) < 4.78 is 73.1. The van der Waals surface area contributed by atoms with Gasteiger partial charge in [-0.3, -0.25) is 9.11 Å². The molecule has 0 aromatic heterocycles. The molecule has 0 aromatic carbocycles. The van der Waals surface area contributed by atoms with Crippen LogP contribution < -0.4 is 0 Å². The summed E-state index contributed by atoms with van der Waals surface area (Å²) in [7, 11) is -8.91. The van der Waals surface area contributed by atoms with Crippen LogP contribution in [0, 0.1) is 39.9 Å². The highest BCUT2D eigenvalue weighted by Gasteiger charge is 2.64. The quantitative estimate of drug-likeness (QED) is 0.234. The van der Waals surface area contributed by atoms with E-state index in [0.29, 0.717) is 42.9 Å². The van der Waals surface area contributed by atoms with E-state index in [4.69, 9.17) is 12.9 Å². The minimum atomic E-state index is -4.47. The molecule has 4 rings (SSSR count). The fourth-order valence-corrected chi connectivity index (χ4v) is 11.1. The number of hydrogen-bond acceptors (Lipinski definition) is 6. The zero-order valence-electron chi connectivity index (χ0n) is 23.9. The molecule has 0 spiro atoms. The summed E-state index contributed by atoms with van der Waals surface area (Å²) in [6.07, 6.45) is 12.2. The third kappa shape index (κ3) is 5.91. The number of fused-ring (bicyclic) bond motifs is 5. The number of rotatable bonds is 9. The molecule has 4 aliphatic carbocycles. The Morgan fingerprint density at radius 3 is 2.29 bits per heavy atom. The highest BCUT2D eigenvalue weighted by atomic mass is 32.3. The van der Waals surface area contributed by atoms with Crippen LogP contribution in [0.15, 0.2) is 11.6 Å². The lowest BCUT2D eigenvalue weighted by Gasteiger charge is -2.63. The first-order valence-corrected chi connectivity index (χ1v) is 17.1. The zero-order valence-corrected chi connectivity index (χ0v) is 25.5. The van der Waals surface area contributed by atoms with E-state index in [2.05, 4.69) is 33.8 Å². The van der Waals surface area contributed by atoms with Crippen molar-refractivity contribution < 1.29 is 34.3 Å². The first kappa shape index (κ1) is 30.4. The Balaban J connectivity index is 1.45. The molecule has 0 saturated heterocycles. The molecule has 38 heavy (non-hydrogen) atoms. The molecule has 10 heteroatoms. The van der Waals surface area contributed by atoms with Gasteiger partial charge in [-0.25, -0.2) is 8.37 Å². The maximum atomic E-state index is 11.3. The van der Waals surface area contributed by atoms with Gasteiger partial charge in [0.2, 0.25) is 0 Å². The largest absolute Gasteiger partial charge is 0.397 e. The maximum absolute atomic E-state index is 11.3. The summed E-state index contributed by atoms with van der Waals surface area (Å²) in [6, 6.07) is 0. The van der Waals surface area contributed by atoms with Gasteiger partial charge in [0.15, 0.2) is 0 Å². The van der Waals surface area contributed by atoms with Crippen molar-refractivity contribution in [3.05, 3.63) is 11.6 Å². The first-order valence-electron chi connectivity index (χ1n) is 14.3. The van der Waals surface area contributed by atoms with Crippen LogP contribution in [0.5, 0.6) is 0 Å². The Bertz CT molecular complexity index is 1150. The van der Waals surface area contributed by atoms with Crippen molar-refractivity contribution in [3.63, 3.8) is 0 Å². The second-order valence-corrected chi connectivity index (χ2v) is 16.3. The van der Waals surface area contributed by atoms with E-state index in [9.17, 15) is 21.4 Å². The van der Waals surface area contributed by atoms with Crippen molar-refractivity contribution in [3.8, 4) is 0 Å². The highest BCUT2D eigenvalue weighted by molar-refractivity contribution is 7.81. The maximum Gasteiger partial charge on any atom is 0.397 e. The van der Waals surface area contributed by atoms with Gasteiger partial charge in [-0.2, -0.15) is 16.8 Å². The molecule has 8 atom stereocenters. The van der Waals surface area contributed by atoms with E-state index in [-0.39, 0.29) is 16.2 Å². The van der Waals surface area contributed by atoms with Gasteiger partial charge in [-0.15, -0.1) is 0 Å². The molecule has 2 N–H and O–H groups in total. The van der Waals surface area contributed by atoms with Gasteiger partial charge in [0.1, 0.15) is 0 Å². The smallest absolute Gasteiger partial charge is 0.264 e. The van der Waals surface area contributed by atoms with Crippen LogP contribution in [-0.2, 0) is 29.2 Å². The van der Waals surface area contributed by atoms with Crippen molar-refractivity contribution in [2.75, 3.05) is 0 Å². The van der Waals surface area contributed by atoms with E-state index in [1.54, 1.807) is 13.8 Å². The van der Waals surface area contributed by atoms with Gasteiger partial charge >= 0.3 is 20.8 Å². The second kappa shape index (κ2) is 10.1. The van der Waals surface area contributed by atoms with Crippen LogP contribution in [0.25, 0.3) is 0 Å². The monoisotopic (exact) mass is 576 g/mol. The molecule has 0 aromatic rings. The second-order valence-electron chi connectivity index (χ2n) is 14.2. The van der Waals surface area contributed by atoms with E-state index in [0.717, 1.165) is 25.7 Å². The Morgan fingerprint density at radius 2 is 1.66 bits per heavy atom. The Labute approximate surface area is 230 Å². The summed E-state index contributed by atoms with van der Waals surface area (Å²) in [5.41, 5.74) is 0.880. The molecule has 3 fully saturated rings. The lowest BCUT2D eigenvalue weighted by molar-refractivity contribution is -0.113. The van der Waals surface area contributed by atoms with Gasteiger partial charge < -0.3 is 0 Å². The molecule has 0 bridgehead atoms. The van der Waals surface area contributed by atoms with Gasteiger partial charge in [-0.1, -0.05) is 52.2 Å². The van der Waals surface area contributed by atoms with Crippen LogP contribution in [0.4, 0.5) is 0 Å². The number of allylic oxidation sites excluding steroid dienone is 1. The van der Waals surface area contributed by atoms with Gasteiger partial charge in [0.25, 0.3) is 0 Å². The molecular formula is C28H48O8S2. The first-order chi connectivity index (χ1) is 17.3. The predicted molar refractivity (Wildman–Crippen MR) is 146 cm³/mol. The van der Waals surface area contributed by atoms with Crippen molar-refractivity contribution in [1.82, 2.24) is 0 Å². The molecule has 0 unspecified atom stereocenters. The Kier molecular flexibility index (Phi) is 8.08. The predicted octanol–water partition coefficient (Wildman–Crippen LogP) is 6.55. The van der Waals surface area contributed by atoms with Crippen LogP contribution >= 0.6 is 0 Å². The van der Waals surface area contributed by atoms with Crippen molar-refractivity contribution in [2.24, 2.45) is 39.9 Å². The zero-order chi connectivity index (χ0) is 28.4. The van der Waals surface area contributed by atoms with Gasteiger partial charge in [0.05, 0.1) is 11.7 Å². The third-order valence-corrected chi connectivity index (χ3v) is 12.6. The van der Waals surface area contributed by atoms with Gasteiger partial charge in [0, 0.05) is 0 Å². The standard InChI is InChI=1S/C28H48O8S2/c1-19(8-7-14-25(2,3)36-38(32,33)34)22-9-10-23-27(22,5)17-13-24-26(4)16-12-21(35-37(29,30)31)18-20(26)11-15-28(23,24)6/h11,19,21-24H,7-10,12-18H2,1-6H3,(H,29,30,31)(H,32,33,34)/t19-,21-,22+,23+,24+,26-,27+,28-/m0/s1. The fourth-order valence-electron chi connectivity index (χ4n) is 9.89. The molecule has 8 nitrogen and oxygen atoms in total. The van der Waals surface area contributed by atoms with Crippen LogP contribution in [0.2, 0.25) is 0 Å². The van der Waals surface area contributed by atoms with E-state index in [1.807, 2.05) is 0 Å². The van der Waals surface area contributed by atoms with Gasteiger partial charge in [-0.05, 0) is 112 Å². The molecule has 220 valence electrons. The normalized spacial score (nSPS) is 40.6. The summed E-state index contributed by atoms with van der Waals surface area (Å²) in [4.78, 5) is 0. The molecular weight excluding hydrogens is 528 g/mol. The fraction of sp³-hybridized carbons (Fsp3) is 0.929. The summed E-state index contributed by atoms with van der Waals surface area (Å²) >= 11 is 0. The number of hydrogen-bond donors (Lipinski definition) is 2. The van der Waals surface area contributed by atoms with Crippen LogP contribution in [-0.4, -0.2) is 37.6 Å². The molecule has 0 heterocycles. The highest BCUT2D eigenvalue weighted by Crippen LogP contribution is 2.72. The van der Waals surface area contributed by atoms with Crippen molar-refractivity contribution in [1.29, 1.82) is 0 Å². The van der Waals surface area contributed by atoms with Crippen LogP contribution in [0.1, 0.15) is 112 Å². The average Bonchev–Trinajstić information content (AvgIpc) is 3.09. The minimum absolute atomic E-state index is 0.0374. The average molecular weight is 577 g/mol. The van der Waals surface area contributed by atoms with E-state index in [1.165, 1.54) is 31.3 Å². The summed E-state index contributed by atoms with van der Waals surface area (Å²) in [5.74, 6) is 2.31. The Hall–Kier alpha value is -0.520. The molecule has 0 amide bonds. The van der Waals surface area contributed by atoms with Crippen molar-refractivity contribution in [2.45, 2.75) is 124 Å².